The number of hydrogen-bond acceptors (Lipinski definition) is 2. The molecule has 0 spiro atoms. The Kier molecular flexibility index (Phi) is 11.4. The van der Waals surface area contributed by atoms with Crippen LogP contribution < -0.4 is 0 Å². The van der Waals surface area contributed by atoms with Crippen molar-refractivity contribution in [1.29, 1.82) is 0 Å². The van der Waals surface area contributed by atoms with Crippen molar-refractivity contribution < 1.29 is 4.79 Å². The zero-order chi connectivity index (χ0) is 12.9. The van der Waals surface area contributed by atoms with Gasteiger partial charge in [-0.05, 0) is 25.8 Å². The van der Waals surface area contributed by atoms with Crippen LogP contribution in [0.5, 0.6) is 0 Å². The number of carbonyl (C=O) groups excluding carboxylic acids is 1. The Morgan fingerprint density at radius 1 is 1.12 bits per heavy atom. The van der Waals surface area contributed by atoms with Gasteiger partial charge < -0.3 is 4.79 Å². The van der Waals surface area contributed by atoms with Crippen LogP contribution in [-0.4, -0.2) is 30.8 Å². The number of unbranched alkanes of at least 4 members (excludes halogenated alkanes) is 2. The van der Waals surface area contributed by atoms with Crippen LogP contribution in [0, 0.1) is 0 Å². The fraction of sp³-hybridized carbons (Fsp3) is 0.800. The summed E-state index contributed by atoms with van der Waals surface area (Å²) in [6, 6.07) is 0. The molecule has 0 bridgehead atoms. The molecule has 2 heteroatoms. The van der Waals surface area contributed by atoms with Crippen LogP contribution in [0.3, 0.4) is 0 Å². The van der Waals surface area contributed by atoms with E-state index in [4.69, 9.17) is 0 Å². The van der Waals surface area contributed by atoms with E-state index in [0.717, 1.165) is 25.8 Å². The van der Waals surface area contributed by atoms with Gasteiger partial charge in [-0.15, -0.1) is 0 Å². The summed E-state index contributed by atoms with van der Waals surface area (Å²) in [6.45, 7) is 9.14. The largest absolute Gasteiger partial charge is 0.302 e. The zero-order valence-corrected chi connectivity index (χ0v) is 11.9. The maximum absolute atomic E-state index is 10.5. The molecule has 2 nitrogen and oxygen atoms in total. The van der Waals surface area contributed by atoms with Crippen LogP contribution in [0.15, 0.2) is 11.6 Å². The van der Waals surface area contributed by atoms with Gasteiger partial charge in [-0.1, -0.05) is 51.7 Å². The third-order valence-electron chi connectivity index (χ3n) is 3.09. The van der Waals surface area contributed by atoms with Crippen LogP contribution in [0.2, 0.25) is 0 Å². The third kappa shape index (κ3) is 9.11. The van der Waals surface area contributed by atoms with E-state index in [1.54, 1.807) is 5.57 Å². The predicted octanol–water partition coefficient (Wildman–Crippen LogP) is 3.81. The van der Waals surface area contributed by atoms with Crippen molar-refractivity contribution >= 4 is 6.29 Å². The van der Waals surface area contributed by atoms with Crippen LogP contribution in [0.25, 0.3) is 0 Å². The summed E-state index contributed by atoms with van der Waals surface area (Å²) in [7, 11) is 0. The molecular formula is C15H29NO. The summed E-state index contributed by atoms with van der Waals surface area (Å²) in [5.74, 6) is 0. The maximum Gasteiger partial charge on any atom is 0.133 e. The number of rotatable bonds is 11. The van der Waals surface area contributed by atoms with Crippen LogP contribution in [-0.2, 0) is 4.79 Å². The fourth-order valence-electron chi connectivity index (χ4n) is 1.95. The second-order valence-corrected chi connectivity index (χ2v) is 4.56. The number of hydrogen-bond donors (Lipinski definition) is 0. The molecule has 0 aliphatic carbocycles. The monoisotopic (exact) mass is 239 g/mol. The lowest BCUT2D eigenvalue weighted by atomic mass is 10.0. The second-order valence-electron chi connectivity index (χ2n) is 4.56. The zero-order valence-electron chi connectivity index (χ0n) is 11.9. The summed E-state index contributed by atoms with van der Waals surface area (Å²) < 4.78 is 0. The topological polar surface area (TPSA) is 20.3 Å². The van der Waals surface area contributed by atoms with Gasteiger partial charge in [-0.2, -0.15) is 0 Å². The maximum atomic E-state index is 10.5. The number of nitrogens with zero attached hydrogens (tertiary/aromatic N) is 1. The molecule has 0 saturated heterocycles. The molecule has 100 valence electrons. The molecule has 0 N–H and O–H groups in total. The van der Waals surface area contributed by atoms with Gasteiger partial charge in [0.2, 0.25) is 0 Å². The normalized spacial score (nSPS) is 12.1. The molecule has 0 rings (SSSR count). The first kappa shape index (κ1) is 16.4. The Morgan fingerprint density at radius 3 is 2.41 bits per heavy atom. The van der Waals surface area contributed by atoms with E-state index in [1.807, 2.05) is 0 Å². The molecule has 0 aliphatic heterocycles. The summed E-state index contributed by atoms with van der Waals surface area (Å²) in [4.78, 5) is 12.7. The molecule has 0 unspecified atom stereocenters. The van der Waals surface area contributed by atoms with E-state index in [-0.39, 0.29) is 0 Å². The van der Waals surface area contributed by atoms with Gasteiger partial charge in [-0.25, -0.2) is 0 Å². The van der Waals surface area contributed by atoms with Crippen molar-refractivity contribution in [2.45, 2.75) is 59.3 Å². The van der Waals surface area contributed by atoms with E-state index in [0.29, 0.717) is 6.54 Å². The van der Waals surface area contributed by atoms with Crippen molar-refractivity contribution in [3.8, 4) is 0 Å². The van der Waals surface area contributed by atoms with Gasteiger partial charge in [0.15, 0.2) is 0 Å². The Hall–Kier alpha value is -0.630. The molecule has 0 aromatic carbocycles. The summed E-state index contributed by atoms with van der Waals surface area (Å²) in [5.41, 5.74) is 1.57. The standard InChI is InChI=1S/C15H29NO/c1-4-7-8-10-15(9-5-2)11-12-16(6-3)13-14-17/h10,14H,4-9,11-13H2,1-3H3/b15-10-. The highest BCUT2D eigenvalue weighted by atomic mass is 16.1. The fourth-order valence-corrected chi connectivity index (χ4v) is 1.95. The Balaban J connectivity index is 4.04. The highest BCUT2D eigenvalue weighted by Crippen LogP contribution is 2.13. The first-order chi connectivity index (χ1) is 8.28. The SMILES string of the molecule is CCCC/C=C(/CCC)CCN(CC)CC=O. The van der Waals surface area contributed by atoms with E-state index in [2.05, 4.69) is 31.7 Å². The minimum Gasteiger partial charge on any atom is -0.302 e. The lowest BCUT2D eigenvalue weighted by Crippen LogP contribution is -2.26. The molecule has 0 fully saturated rings. The summed E-state index contributed by atoms with van der Waals surface area (Å²) in [5, 5.41) is 0. The smallest absolute Gasteiger partial charge is 0.133 e. The summed E-state index contributed by atoms with van der Waals surface area (Å²) >= 11 is 0. The van der Waals surface area contributed by atoms with E-state index in [1.165, 1.54) is 32.1 Å². The second kappa shape index (κ2) is 11.8. The number of likely N-dealkylation sites (N-methyl/N-ethyl adjacent to an activating group) is 1. The number of allylic oxidation sites excluding steroid dienone is 1. The minimum absolute atomic E-state index is 0.574. The average Bonchev–Trinajstić information content (AvgIpc) is 2.34. The Bertz CT molecular complexity index is 211. The number of carbonyl (C=O) groups is 1. The molecule has 0 heterocycles. The van der Waals surface area contributed by atoms with Gasteiger partial charge in [0.05, 0.1) is 6.54 Å². The van der Waals surface area contributed by atoms with E-state index < -0.39 is 0 Å². The number of aldehydes is 1. The quantitative estimate of drug-likeness (QED) is 0.310. The molecule has 0 aromatic rings. The average molecular weight is 239 g/mol. The van der Waals surface area contributed by atoms with Crippen molar-refractivity contribution in [3.05, 3.63) is 11.6 Å². The Morgan fingerprint density at radius 2 is 1.88 bits per heavy atom. The van der Waals surface area contributed by atoms with Gasteiger partial charge in [-0.3, -0.25) is 4.90 Å². The van der Waals surface area contributed by atoms with Crippen molar-refractivity contribution in [1.82, 2.24) is 4.90 Å². The predicted molar refractivity (Wildman–Crippen MR) is 75.3 cm³/mol. The lowest BCUT2D eigenvalue weighted by Gasteiger charge is -2.18. The van der Waals surface area contributed by atoms with Crippen LogP contribution >= 0.6 is 0 Å². The molecule has 0 aliphatic rings. The van der Waals surface area contributed by atoms with Crippen molar-refractivity contribution in [2.24, 2.45) is 0 Å². The molecule has 0 atom stereocenters. The molecule has 17 heavy (non-hydrogen) atoms. The van der Waals surface area contributed by atoms with Gasteiger partial charge >= 0.3 is 0 Å². The first-order valence-corrected chi connectivity index (χ1v) is 7.12. The van der Waals surface area contributed by atoms with E-state index >= 15 is 0 Å². The van der Waals surface area contributed by atoms with E-state index in [9.17, 15) is 4.79 Å². The summed E-state index contributed by atoms with van der Waals surface area (Å²) in [6.07, 6.45) is 10.7. The third-order valence-corrected chi connectivity index (χ3v) is 3.09. The van der Waals surface area contributed by atoms with Gasteiger partial charge in [0, 0.05) is 6.54 Å². The molecule has 0 amide bonds. The van der Waals surface area contributed by atoms with Gasteiger partial charge in [0.1, 0.15) is 6.29 Å². The van der Waals surface area contributed by atoms with Crippen molar-refractivity contribution in [3.63, 3.8) is 0 Å². The molecule has 0 radical (unpaired) electrons. The van der Waals surface area contributed by atoms with Crippen LogP contribution in [0.4, 0.5) is 0 Å². The van der Waals surface area contributed by atoms with Crippen LogP contribution in [0.1, 0.15) is 59.3 Å². The highest BCUT2D eigenvalue weighted by Gasteiger charge is 2.03. The molecular weight excluding hydrogens is 210 g/mol. The van der Waals surface area contributed by atoms with Crippen molar-refractivity contribution in [2.75, 3.05) is 19.6 Å². The molecule has 0 saturated carbocycles. The van der Waals surface area contributed by atoms with Gasteiger partial charge in [0.25, 0.3) is 0 Å². The highest BCUT2D eigenvalue weighted by molar-refractivity contribution is 5.51. The Labute approximate surface area is 107 Å². The first-order valence-electron chi connectivity index (χ1n) is 7.12. The lowest BCUT2D eigenvalue weighted by molar-refractivity contribution is -0.108. The minimum atomic E-state index is 0.574. The molecule has 0 aromatic heterocycles.